The monoisotopic (exact) mass is 455 g/mol. The summed E-state index contributed by atoms with van der Waals surface area (Å²) in [6.45, 7) is 0.148. The number of benzene rings is 3. The third-order valence-corrected chi connectivity index (χ3v) is 6.56. The number of fused-ring (bicyclic) bond motifs is 2. The summed E-state index contributed by atoms with van der Waals surface area (Å²) < 4.78 is 5.13. The first-order valence-electron chi connectivity index (χ1n) is 11.3. The Labute approximate surface area is 197 Å². The summed E-state index contributed by atoms with van der Waals surface area (Å²) in [4.78, 5) is 40.1. The molecular weight excluding hydrogens is 430 g/mol. The zero-order valence-electron chi connectivity index (χ0n) is 18.8. The molecule has 7 nitrogen and oxygen atoms in total. The molecule has 3 aromatic carbocycles. The summed E-state index contributed by atoms with van der Waals surface area (Å²) in [5.74, 6) is 0.247. The van der Waals surface area contributed by atoms with Crippen molar-refractivity contribution in [1.29, 1.82) is 0 Å². The van der Waals surface area contributed by atoms with E-state index in [0.29, 0.717) is 23.4 Å². The molecule has 34 heavy (non-hydrogen) atoms. The van der Waals surface area contributed by atoms with Gasteiger partial charge in [0, 0.05) is 11.3 Å². The Morgan fingerprint density at radius 1 is 1.03 bits per heavy atom. The van der Waals surface area contributed by atoms with Crippen LogP contribution >= 0.6 is 0 Å². The SMILES string of the molecule is COc1ccc(NC(=O)c2ccc(CN3C(=O)N[C@]4(CCCc5ccccc54)C3=O)cc2)cc1. The van der Waals surface area contributed by atoms with Crippen LogP contribution in [0.15, 0.2) is 72.8 Å². The minimum atomic E-state index is -0.982. The Morgan fingerprint density at radius 2 is 1.76 bits per heavy atom. The van der Waals surface area contributed by atoms with Crippen LogP contribution in [0.4, 0.5) is 10.5 Å². The van der Waals surface area contributed by atoms with Gasteiger partial charge in [-0.2, -0.15) is 0 Å². The van der Waals surface area contributed by atoms with Crippen molar-refractivity contribution in [3.05, 3.63) is 95.1 Å². The number of aryl methyl sites for hydroxylation is 1. The second kappa shape index (κ2) is 8.67. The Kier molecular flexibility index (Phi) is 5.53. The van der Waals surface area contributed by atoms with E-state index in [0.717, 1.165) is 29.5 Å². The van der Waals surface area contributed by atoms with Gasteiger partial charge in [0.15, 0.2) is 0 Å². The van der Waals surface area contributed by atoms with Gasteiger partial charge in [0.2, 0.25) is 0 Å². The highest BCUT2D eigenvalue weighted by atomic mass is 16.5. The largest absolute Gasteiger partial charge is 0.497 e. The van der Waals surface area contributed by atoms with Gasteiger partial charge in [-0.1, -0.05) is 36.4 Å². The van der Waals surface area contributed by atoms with Crippen LogP contribution in [0.3, 0.4) is 0 Å². The highest BCUT2D eigenvalue weighted by Crippen LogP contribution is 2.40. The molecular formula is C27H25N3O4. The van der Waals surface area contributed by atoms with Gasteiger partial charge in [0.25, 0.3) is 11.8 Å². The van der Waals surface area contributed by atoms with Crippen LogP contribution in [-0.4, -0.2) is 29.9 Å². The van der Waals surface area contributed by atoms with Crippen molar-refractivity contribution in [2.75, 3.05) is 12.4 Å². The van der Waals surface area contributed by atoms with Crippen LogP contribution in [0.25, 0.3) is 0 Å². The number of imide groups is 1. The van der Waals surface area contributed by atoms with Crippen LogP contribution in [-0.2, 0) is 23.3 Å². The summed E-state index contributed by atoms with van der Waals surface area (Å²) in [6.07, 6.45) is 2.34. The first-order valence-corrected chi connectivity index (χ1v) is 11.3. The summed E-state index contributed by atoms with van der Waals surface area (Å²) in [6, 6.07) is 21.4. The molecule has 7 heteroatoms. The number of carbonyl (C=O) groups excluding carboxylic acids is 3. The van der Waals surface area contributed by atoms with Gasteiger partial charge in [-0.15, -0.1) is 0 Å². The number of hydrogen-bond donors (Lipinski definition) is 2. The van der Waals surface area contributed by atoms with Crippen LogP contribution in [0.2, 0.25) is 0 Å². The van der Waals surface area contributed by atoms with Gasteiger partial charge in [-0.05, 0) is 72.4 Å². The van der Waals surface area contributed by atoms with Crippen molar-refractivity contribution in [1.82, 2.24) is 10.2 Å². The standard InChI is InChI=1S/C27H25N3O4/c1-34-22-14-12-21(13-15-22)28-24(31)20-10-8-18(9-11-20)17-30-25(32)27(29-26(30)33)16-4-6-19-5-2-3-7-23(19)27/h2-3,5,7-15H,4,6,16-17H2,1H3,(H,28,31)(H,29,33)/t27-/m0/s1. The predicted molar refractivity (Wildman–Crippen MR) is 128 cm³/mol. The molecule has 1 heterocycles. The number of amides is 4. The second-order valence-corrected chi connectivity index (χ2v) is 8.62. The number of hydrogen-bond acceptors (Lipinski definition) is 4. The summed E-state index contributed by atoms with van der Waals surface area (Å²) >= 11 is 0. The van der Waals surface area contributed by atoms with E-state index < -0.39 is 5.54 Å². The van der Waals surface area contributed by atoms with E-state index in [4.69, 9.17) is 4.74 Å². The first kappa shape index (κ1) is 21.7. The van der Waals surface area contributed by atoms with Crippen LogP contribution < -0.4 is 15.4 Å². The number of carbonyl (C=O) groups is 3. The van der Waals surface area contributed by atoms with Crippen molar-refractivity contribution in [3.8, 4) is 5.75 Å². The number of urea groups is 1. The maximum absolute atomic E-state index is 13.5. The fraction of sp³-hybridized carbons (Fsp3) is 0.222. The lowest BCUT2D eigenvalue weighted by atomic mass is 9.76. The maximum atomic E-state index is 13.5. The van der Waals surface area contributed by atoms with Crippen molar-refractivity contribution in [2.45, 2.75) is 31.3 Å². The Bertz CT molecular complexity index is 1250. The van der Waals surface area contributed by atoms with Crippen LogP contribution in [0, 0.1) is 0 Å². The molecule has 1 aliphatic carbocycles. The molecule has 1 aliphatic heterocycles. The number of ether oxygens (including phenoxy) is 1. The normalized spacial score (nSPS) is 19.0. The van der Waals surface area contributed by atoms with Gasteiger partial charge < -0.3 is 15.4 Å². The summed E-state index contributed by atoms with van der Waals surface area (Å²) in [7, 11) is 1.59. The Balaban J connectivity index is 1.29. The molecule has 5 rings (SSSR count). The zero-order chi connectivity index (χ0) is 23.7. The minimum absolute atomic E-state index is 0.148. The lowest BCUT2D eigenvalue weighted by Gasteiger charge is -2.33. The second-order valence-electron chi connectivity index (χ2n) is 8.62. The quantitative estimate of drug-likeness (QED) is 0.564. The van der Waals surface area contributed by atoms with Crippen molar-refractivity contribution < 1.29 is 19.1 Å². The maximum Gasteiger partial charge on any atom is 0.325 e. The van der Waals surface area contributed by atoms with E-state index in [9.17, 15) is 14.4 Å². The van der Waals surface area contributed by atoms with Gasteiger partial charge in [0.1, 0.15) is 11.3 Å². The lowest BCUT2D eigenvalue weighted by molar-refractivity contribution is -0.132. The highest BCUT2D eigenvalue weighted by molar-refractivity contribution is 6.08. The molecule has 1 atom stereocenters. The molecule has 1 saturated heterocycles. The van der Waals surface area contributed by atoms with E-state index in [1.807, 2.05) is 24.3 Å². The van der Waals surface area contributed by atoms with Crippen molar-refractivity contribution >= 4 is 23.5 Å². The third kappa shape index (κ3) is 3.79. The van der Waals surface area contributed by atoms with E-state index in [-0.39, 0.29) is 24.4 Å². The van der Waals surface area contributed by atoms with E-state index in [2.05, 4.69) is 10.6 Å². The number of methoxy groups -OCH3 is 1. The van der Waals surface area contributed by atoms with E-state index in [1.165, 1.54) is 4.90 Å². The molecule has 2 aliphatic rings. The molecule has 3 aromatic rings. The molecule has 0 aromatic heterocycles. The molecule has 1 fully saturated rings. The van der Waals surface area contributed by atoms with E-state index >= 15 is 0 Å². The van der Waals surface area contributed by atoms with Crippen molar-refractivity contribution in [2.24, 2.45) is 0 Å². The molecule has 0 unspecified atom stereocenters. The first-order chi connectivity index (χ1) is 16.5. The molecule has 0 bridgehead atoms. The molecule has 0 saturated carbocycles. The highest BCUT2D eigenvalue weighted by Gasteiger charge is 2.53. The van der Waals surface area contributed by atoms with Gasteiger partial charge in [-0.3, -0.25) is 14.5 Å². The number of nitrogens with zero attached hydrogens (tertiary/aromatic N) is 1. The Hall–Kier alpha value is -4.13. The van der Waals surface area contributed by atoms with Crippen molar-refractivity contribution in [3.63, 3.8) is 0 Å². The molecule has 0 radical (unpaired) electrons. The molecule has 172 valence electrons. The number of nitrogens with one attached hydrogen (secondary N) is 2. The van der Waals surface area contributed by atoms with Gasteiger partial charge >= 0.3 is 6.03 Å². The van der Waals surface area contributed by atoms with Gasteiger partial charge in [-0.25, -0.2) is 4.79 Å². The van der Waals surface area contributed by atoms with E-state index in [1.54, 1.807) is 55.6 Å². The fourth-order valence-corrected chi connectivity index (χ4v) is 4.78. The smallest absolute Gasteiger partial charge is 0.325 e. The molecule has 1 spiro atoms. The minimum Gasteiger partial charge on any atom is -0.497 e. The summed E-state index contributed by atoms with van der Waals surface area (Å²) in [5, 5.41) is 5.82. The molecule has 4 amide bonds. The lowest BCUT2D eigenvalue weighted by Crippen LogP contribution is -2.46. The third-order valence-electron chi connectivity index (χ3n) is 6.56. The number of rotatable bonds is 5. The number of anilines is 1. The predicted octanol–water partition coefficient (Wildman–Crippen LogP) is 4.23. The fourth-order valence-electron chi connectivity index (χ4n) is 4.78. The zero-order valence-corrected chi connectivity index (χ0v) is 18.8. The van der Waals surface area contributed by atoms with Crippen LogP contribution in [0.5, 0.6) is 5.75 Å². The topological polar surface area (TPSA) is 87.7 Å². The average molecular weight is 456 g/mol. The summed E-state index contributed by atoms with van der Waals surface area (Å²) in [5.41, 5.74) is 2.93. The average Bonchev–Trinajstić information content (AvgIpc) is 3.10. The van der Waals surface area contributed by atoms with Crippen LogP contribution in [0.1, 0.15) is 39.9 Å². The molecule has 2 N–H and O–H groups in total. The Morgan fingerprint density at radius 3 is 2.50 bits per heavy atom. The van der Waals surface area contributed by atoms with Gasteiger partial charge in [0.05, 0.1) is 13.7 Å².